The van der Waals surface area contributed by atoms with Crippen molar-refractivity contribution in [2.75, 3.05) is 0 Å². The molecule has 1 N–H and O–H groups in total. The second-order valence-electron chi connectivity index (χ2n) is 2.35. The van der Waals surface area contributed by atoms with Gasteiger partial charge in [-0.25, -0.2) is 0 Å². The Kier molecular flexibility index (Phi) is 10.4. The zero-order chi connectivity index (χ0) is 6.08. The maximum atomic E-state index is 10.0. The van der Waals surface area contributed by atoms with Crippen molar-refractivity contribution in [1.29, 1.82) is 0 Å². The Labute approximate surface area is 79.4 Å². The summed E-state index contributed by atoms with van der Waals surface area (Å²) in [5.74, 6) is 0. The fraction of sp³-hybridized carbons (Fsp3) is 1.00. The topological polar surface area (TPSA) is 64.1 Å². The first-order valence-corrected chi connectivity index (χ1v) is 3.11. The molecule has 0 aromatic rings. The molecule has 0 bridgehead atoms. The summed E-state index contributed by atoms with van der Waals surface area (Å²) < 4.78 is 19.5. The molecule has 0 aliphatic carbocycles. The van der Waals surface area contributed by atoms with Gasteiger partial charge in [-0.2, -0.15) is 0 Å². The molecule has 0 aliphatic heterocycles. The zero-order valence-electron chi connectivity index (χ0n) is 6.17. The summed E-state index contributed by atoms with van der Waals surface area (Å²) in [5, 5.41) is 0. The Morgan fingerprint density at radius 1 is 1.11 bits per heavy atom. The van der Waals surface area contributed by atoms with Gasteiger partial charge >= 0.3 is 29.6 Å². The van der Waals surface area contributed by atoms with Gasteiger partial charge in [-0.3, -0.25) is 0 Å². The van der Waals surface area contributed by atoms with Crippen molar-refractivity contribution in [2.45, 2.75) is 25.5 Å². The van der Waals surface area contributed by atoms with Gasteiger partial charge in [0.05, 0.1) is 0 Å². The van der Waals surface area contributed by atoms with Gasteiger partial charge in [-0.15, -0.1) is 0 Å². The van der Waals surface area contributed by atoms with E-state index in [0.717, 1.165) is 0 Å². The van der Waals surface area contributed by atoms with Gasteiger partial charge in [-0.1, -0.05) is 36.2 Å². The summed E-state index contributed by atoms with van der Waals surface area (Å²) in [6, 6.07) is 0. The molecule has 3 nitrogen and oxygen atoms in total. The number of hydrogen-bond acceptors (Lipinski definition) is 4. The summed E-state index contributed by atoms with van der Waals surface area (Å²) in [6.07, 6.45) is 0. The minimum atomic E-state index is -1.93. The molecule has 9 heavy (non-hydrogen) atoms. The maximum Gasteiger partial charge on any atom is 1.00 e. The van der Waals surface area contributed by atoms with Gasteiger partial charge in [0.15, 0.2) is 0 Å². The molecule has 0 amide bonds. The second-order valence-corrected chi connectivity index (χ2v) is 4.04. The molecule has 0 fully saturated rings. The Bertz CT molecular complexity index is 116. The van der Waals surface area contributed by atoms with Gasteiger partial charge in [-0.05, 0) is 0 Å². The molecule has 0 radical (unpaired) electrons. The van der Waals surface area contributed by atoms with Crippen LogP contribution in [0.3, 0.4) is 0 Å². The van der Waals surface area contributed by atoms with Crippen molar-refractivity contribution in [3.05, 3.63) is 0 Å². The second kappa shape index (κ2) is 5.68. The largest absolute Gasteiger partial charge is 1.00 e. The molecule has 0 unspecified atom stereocenters. The van der Waals surface area contributed by atoms with Crippen molar-refractivity contribution in [3.63, 3.8) is 0 Å². The van der Waals surface area contributed by atoms with E-state index in [4.69, 9.17) is 0 Å². The van der Waals surface area contributed by atoms with Crippen LogP contribution in [-0.2, 0) is 19.1 Å². The average Bonchev–Trinajstić information content (AvgIpc) is 1.31. The molecule has 0 aromatic heterocycles. The minimum absolute atomic E-state index is 0. The van der Waals surface area contributed by atoms with E-state index in [0.29, 0.717) is 0 Å². The summed E-state index contributed by atoms with van der Waals surface area (Å²) in [5.41, 5.74) is 0. The molecule has 0 spiro atoms. The number of rotatable bonds is 0. The van der Waals surface area contributed by atoms with Gasteiger partial charge in [0, 0.05) is 0 Å². The van der Waals surface area contributed by atoms with Crippen LogP contribution < -0.4 is 29.6 Å². The van der Waals surface area contributed by atoms with Crippen LogP contribution in [0.25, 0.3) is 0 Å². The van der Waals surface area contributed by atoms with Crippen molar-refractivity contribution >= 4 is 10.7 Å². The van der Waals surface area contributed by atoms with Gasteiger partial charge in [0.1, 0.15) is 0 Å². The maximum absolute atomic E-state index is 10.0. The van der Waals surface area contributed by atoms with Crippen LogP contribution in [0.2, 0.25) is 0 Å². The first-order valence-electron chi connectivity index (χ1n) is 2.04. The Balaban J connectivity index is -0.000000180. The van der Waals surface area contributed by atoms with E-state index < -0.39 is 15.5 Å². The van der Waals surface area contributed by atoms with E-state index in [9.17, 15) is 8.42 Å². The van der Waals surface area contributed by atoms with Crippen LogP contribution in [0.1, 0.15) is 20.8 Å². The fourth-order valence-electron chi connectivity index (χ4n) is 0. The average molecular weight is 161 g/mol. The summed E-state index contributed by atoms with van der Waals surface area (Å²) in [4.78, 5) is 0. The van der Waals surface area contributed by atoms with Crippen molar-refractivity contribution in [1.82, 2.24) is 0 Å². The molecule has 0 atom stereocenters. The van der Waals surface area contributed by atoms with E-state index >= 15 is 0 Å². The molecule has 0 saturated carbocycles. The Morgan fingerprint density at radius 3 is 1.22 bits per heavy atom. The Hall–Kier alpha value is 0.910. The molecule has 0 heterocycles. The standard InChI is InChI=1S/C4H9O2S.Na.H2O/c1-4(2,3)7(5)6;;/h1-3H3;;1H2/q-1;+1;/p-1. The summed E-state index contributed by atoms with van der Waals surface area (Å²) >= 11 is 0. The van der Waals surface area contributed by atoms with Gasteiger partial charge < -0.3 is 13.9 Å². The molecule has 0 aliphatic rings. The van der Waals surface area contributed by atoms with Gasteiger partial charge in [0.25, 0.3) is 0 Å². The molecular weight excluding hydrogens is 151 g/mol. The third-order valence-corrected chi connectivity index (χ3v) is 1.50. The van der Waals surface area contributed by atoms with Crippen molar-refractivity contribution in [2.24, 2.45) is 0 Å². The zero-order valence-corrected chi connectivity index (χ0v) is 8.99. The smallest absolute Gasteiger partial charge is 0.870 e. The van der Waals surface area contributed by atoms with Crippen LogP contribution in [0.4, 0.5) is 0 Å². The van der Waals surface area contributed by atoms with E-state index in [1.807, 2.05) is 0 Å². The SMILES string of the molecule is CC(C)(C)[S-](=O)=O.[Na+].[OH-]. The molecule has 0 saturated heterocycles. The molecule has 5 heteroatoms. The van der Waals surface area contributed by atoms with Crippen LogP contribution >= 0.6 is 0 Å². The Morgan fingerprint density at radius 2 is 1.22 bits per heavy atom. The van der Waals surface area contributed by atoms with Crippen LogP contribution in [-0.4, -0.2) is 10.2 Å². The number of hydrogen-bond donors (Lipinski definition) is 0. The monoisotopic (exact) mass is 161 g/mol. The van der Waals surface area contributed by atoms with Gasteiger partial charge in [0.2, 0.25) is 0 Å². The van der Waals surface area contributed by atoms with E-state index in [-0.39, 0.29) is 35.0 Å². The third kappa shape index (κ3) is 8.91. The predicted molar refractivity (Wildman–Crippen MR) is 30.4 cm³/mol. The molecular formula is C4H10NaO3S-. The van der Waals surface area contributed by atoms with Crippen LogP contribution in [0, 0.1) is 0 Å². The van der Waals surface area contributed by atoms with E-state index in [1.54, 1.807) is 20.8 Å². The van der Waals surface area contributed by atoms with Crippen molar-refractivity contribution in [3.8, 4) is 0 Å². The fourth-order valence-corrected chi connectivity index (χ4v) is 0. The quantitative estimate of drug-likeness (QED) is 0.302. The molecule has 52 valence electrons. The van der Waals surface area contributed by atoms with Crippen molar-refractivity contribution < 1.29 is 43.5 Å². The first kappa shape index (κ1) is 16.5. The van der Waals surface area contributed by atoms with E-state index in [1.165, 1.54) is 0 Å². The third-order valence-electron chi connectivity index (χ3n) is 0.500. The molecule has 0 rings (SSSR count). The van der Waals surface area contributed by atoms with Crippen LogP contribution in [0.15, 0.2) is 0 Å². The normalized spacial score (nSPS) is 9.78. The first-order chi connectivity index (χ1) is 2.94. The summed E-state index contributed by atoms with van der Waals surface area (Å²) in [7, 11) is -1.93. The summed E-state index contributed by atoms with van der Waals surface area (Å²) in [6.45, 7) is 4.95. The predicted octanol–water partition coefficient (Wildman–Crippen LogP) is -2.08. The van der Waals surface area contributed by atoms with Crippen LogP contribution in [0.5, 0.6) is 0 Å². The minimum Gasteiger partial charge on any atom is -0.870 e. The van der Waals surface area contributed by atoms with E-state index in [2.05, 4.69) is 0 Å². The molecule has 0 aromatic carbocycles.